The van der Waals surface area contributed by atoms with Gasteiger partial charge in [0.15, 0.2) is 0 Å². The van der Waals surface area contributed by atoms with E-state index in [0.29, 0.717) is 12.1 Å². The van der Waals surface area contributed by atoms with E-state index >= 15 is 0 Å². The normalized spacial score (nSPS) is 24.3. The summed E-state index contributed by atoms with van der Waals surface area (Å²) in [5.41, 5.74) is 2.47. The van der Waals surface area contributed by atoms with Crippen molar-refractivity contribution in [2.45, 2.75) is 37.8 Å². The van der Waals surface area contributed by atoms with E-state index < -0.39 is 0 Å². The van der Waals surface area contributed by atoms with Crippen LogP contribution >= 0.6 is 0 Å². The predicted octanol–water partition coefficient (Wildman–Crippen LogP) is 2.01. The Labute approximate surface area is 121 Å². The van der Waals surface area contributed by atoms with Crippen LogP contribution in [0.3, 0.4) is 0 Å². The van der Waals surface area contributed by atoms with Gasteiger partial charge in [-0.2, -0.15) is 0 Å². The Morgan fingerprint density at radius 2 is 1.40 bits per heavy atom. The van der Waals surface area contributed by atoms with Crippen LogP contribution in [0.4, 0.5) is 11.4 Å². The van der Waals surface area contributed by atoms with Crippen molar-refractivity contribution in [2.75, 3.05) is 36.8 Å². The van der Waals surface area contributed by atoms with Crippen molar-refractivity contribution in [3.8, 4) is 0 Å². The first-order valence-electron chi connectivity index (χ1n) is 7.95. The van der Waals surface area contributed by atoms with Gasteiger partial charge in [0.25, 0.3) is 0 Å². The number of benzene rings is 1. The van der Waals surface area contributed by atoms with E-state index in [-0.39, 0.29) is 0 Å². The topological polar surface area (TPSA) is 48.1 Å². The molecule has 2 heterocycles. The number of piperidine rings is 2. The Balaban J connectivity index is 1.51. The molecule has 1 aromatic carbocycles. The van der Waals surface area contributed by atoms with Crippen LogP contribution in [0.15, 0.2) is 24.3 Å². The first kappa shape index (κ1) is 13.7. The lowest BCUT2D eigenvalue weighted by Gasteiger charge is -2.26. The summed E-state index contributed by atoms with van der Waals surface area (Å²) < 4.78 is 0. The second-order valence-corrected chi connectivity index (χ2v) is 5.93. The summed E-state index contributed by atoms with van der Waals surface area (Å²) in [5, 5.41) is 14.1. The number of rotatable bonds is 4. The highest BCUT2D eigenvalue weighted by Gasteiger charge is 2.13. The van der Waals surface area contributed by atoms with Gasteiger partial charge in [-0.15, -0.1) is 0 Å². The van der Waals surface area contributed by atoms with Gasteiger partial charge in [0.05, 0.1) is 0 Å². The van der Waals surface area contributed by atoms with Crippen molar-refractivity contribution in [3.05, 3.63) is 24.3 Å². The molecule has 4 heteroatoms. The van der Waals surface area contributed by atoms with Gasteiger partial charge < -0.3 is 21.3 Å². The minimum Gasteiger partial charge on any atom is -0.382 e. The molecule has 0 spiro atoms. The van der Waals surface area contributed by atoms with Crippen LogP contribution < -0.4 is 21.3 Å². The summed E-state index contributed by atoms with van der Waals surface area (Å²) in [6.07, 6.45) is 4.97. The van der Waals surface area contributed by atoms with E-state index in [1.54, 1.807) is 0 Å². The Hall–Kier alpha value is -1.26. The lowest BCUT2D eigenvalue weighted by Crippen LogP contribution is -2.38. The Morgan fingerprint density at radius 3 is 2.00 bits per heavy atom. The van der Waals surface area contributed by atoms with Crippen LogP contribution in [0.2, 0.25) is 0 Å². The standard InChI is InChI=1S/C16H26N4/c1-2-16(12-18-9-1)20-14-5-3-13(4-6-14)19-15-7-10-17-11-8-15/h3-6,15-20H,1-2,7-12H2. The van der Waals surface area contributed by atoms with Crippen LogP contribution in [0.5, 0.6) is 0 Å². The molecule has 0 aromatic heterocycles. The molecule has 0 saturated carbocycles. The van der Waals surface area contributed by atoms with Gasteiger partial charge in [-0.25, -0.2) is 0 Å². The molecule has 2 saturated heterocycles. The second kappa shape index (κ2) is 6.95. The SMILES string of the molecule is c1cc(NC2CCCNC2)ccc1NC1CCNCC1. The third-order valence-electron chi connectivity index (χ3n) is 4.26. The monoisotopic (exact) mass is 274 g/mol. The van der Waals surface area contributed by atoms with Crippen LogP contribution in [0.1, 0.15) is 25.7 Å². The summed E-state index contributed by atoms with van der Waals surface area (Å²) in [4.78, 5) is 0. The fraction of sp³-hybridized carbons (Fsp3) is 0.625. The maximum atomic E-state index is 3.63. The molecule has 0 bridgehead atoms. The van der Waals surface area contributed by atoms with Gasteiger partial charge in [0.1, 0.15) is 0 Å². The zero-order valence-electron chi connectivity index (χ0n) is 12.1. The molecule has 1 atom stereocenters. The molecule has 110 valence electrons. The molecule has 2 fully saturated rings. The summed E-state index contributed by atoms with van der Waals surface area (Å²) in [6, 6.07) is 9.97. The minimum absolute atomic E-state index is 0.576. The van der Waals surface area contributed by atoms with E-state index in [4.69, 9.17) is 0 Å². The van der Waals surface area contributed by atoms with Gasteiger partial charge in [0, 0.05) is 30.0 Å². The first-order chi connectivity index (χ1) is 9.90. The highest BCUT2D eigenvalue weighted by Crippen LogP contribution is 2.18. The van der Waals surface area contributed by atoms with Crippen molar-refractivity contribution >= 4 is 11.4 Å². The number of hydrogen-bond acceptors (Lipinski definition) is 4. The summed E-state index contributed by atoms with van der Waals surface area (Å²) in [6.45, 7) is 4.50. The Bertz CT molecular complexity index is 352. The van der Waals surface area contributed by atoms with Crippen LogP contribution in [0.25, 0.3) is 0 Å². The van der Waals surface area contributed by atoms with Crippen molar-refractivity contribution < 1.29 is 0 Å². The highest BCUT2D eigenvalue weighted by atomic mass is 15.0. The molecular weight excluding hydrogens is 248 g/mol. The zero-order valence-corrected chi connectivity index (χ0v) is 12.1. The quantitative estimate of drug-likeness (QED) is 0.678. The Morgan fingerprint density at radius 1 is 0.750 bits per heavy atom. The Kier molecular flexibility index (Phi) is 4.77. The molecule has 0 amide bonds. The lowest BCUT2D eigenvalue weighted by atomic mass is 10.1. The minimum atomic E-state index is 0.576. The van der Waals surface area contributed by atoms with E-state index in [1.807, 2.05) is 0 Å². The number of anilines is 2. The first-order valence-corrected chi connectivity index (χ1v) is 7.95. The van der Waals surface area contributed by atoms with E-state index in [1.165, 1.54) is 37.1 Å². The molecule has 1 unspecified atom stereocenters. The molecule has 1 aromatic rings. The molecule has 20 heavy (non-hydrogen) atoms. The summed E-state index contributed by atoms with van der Waals surface area (Å²) in [5.74, 6) is 0. The van der Waals surface area contributed by atoms with Gasteiger partial charge in [0.2, 0.25) is 0 Å². The van der Waals surface area contributed by atoms with Crippen molar-refractivity contribution in [1.82, 2.24) is 10.6 Å². The fourth-order valence-electron chi connectivity index (χ4n) is 3.08. The maximum Gasteiger partial charge on any atom is 0.0386 e. The van der Waals surface area contributed by atoms with Crippen molar-refractivity contribution in [1.29, 1.82) is 0 Å². The fourth-order valence-corrected chi connectivity index (χ4v) is 3.08. The van der Waals surface area contributed by atoms with Crippen molar-refractivity contribution in [2.24, 2.45) is 0 Å². The number of nitrogens with one attached hydrogen (secondary N) is 4. The smallest absolute Gasteiger partial charge is 0.0386 e. The van der Waals surface area contributed by atoms with E-state index in [0.717, 1.165) is 26.2 Å². The lowest BCUT2D eigenvalue weighted by molar-refractivity contribution is 0.479. The second-order valence-electron chi connectivity index (χ2n) is 5.93. The zero-order chi connectivity index (χ0) is 13.6. The van der Waals surface area contributed by atoms with Gasteiger partial charge in [-0.05, 0) is 69.6 Å². The van der Waals surface area contributed by atoms with Gasteiger partial charge >= 0.3 is 0 Å². The molecule has 3 rings (SSSR count). The number of hydrogen-bond donors (Lipinski definition) is 4. The molecule has 2 aliphatic rings. The van der Waals surface area contributed by atoms with Crippen LogP contribution in [0, 0.1) is 0 Å². The van der Waals surface area contributed by atoms with Crippen molar-refractivity contribution in [3.63, 3.8) is 0 Å². The average Bonchev–Trinajstić information content (AvgIpc) is 2.51. The van der Waals surface area contributed by atoms with E-state index in [2.05, 4.69) is 45.5 Å². The van der Waals surface area contributed by atoms with Gasteiger partial charge in [-0.3, -0.25) is 0 Å². The molecule has 0 radical (unpaired) electrons. The average molecular weight is 274 g/mol. The maximum absolute atomic E-state index is 3.63. The third-order valence-corrected chi connectivity index (χ3v) is 4.26. The molecule has 0 aliphatic carbocycles. The predicted molar refractivity (Wildman–Crippen MR) is 85.5 cm³/mol. The molecule has 2 aliphatic heterocycles. The van der Waals surface area contributed by atoms with E-state index in [9.17, 15) is 0 Å². The molecular formula is C16H26N4. The molecule has 4 nitrogen and oxygen atoms in total. The summed E-state index contributed by atoms with van der Waals surface area (Å²) >= 11 is 0. The molecule has 4 N–H and O–H groups in total. The van der Waals surface area contributed by atoms with Gasteiger partial charge in [-0.1, -0.05) is 0 Å². The highest BCUT2D eigenvalue weighted by molar-refractivity contribution is 5.54. The van der Waals surface area contributed by atoms with Crippen LogP contribution in [-0.2, 0) is 0 Å². The van der Waals surface area contributed by atoms with Crippen LogP contribution in [-0.4, -0.2) is 38.3 Å². The third kappa shape index (κ3) is 3.87. The largest absolute Gasteiger partial charge is 0.382 e. The summed E-state index contributed by atoms with van der Waals surface area (Å²) in [7, 11) is 0.